The Morgan fingerprint density at radius 1 is 1.25 bits per heavy atom. The van der Waals surface area contributed by atoms with Gasteiger partial charge in [-0.15, -0.1) is 0 Å². The second-order valence-electron chi connectivity index (χ2n) is 6.15. The lowest BCUT2D eigenvalue weighted by atomic mass is 9.86. The molecule has 0 aromatic rings. The molecule has 1 heterocycles. The summed E-state index contributed by atoms with van der Waals surface area (Å²) in [6, 6.07) is 0. The maximum absolute atomic E-state index is 5.59. The number of morpholine rings is 1. The smallest absolute Gasteiger partial charge is 0.0645 e. The number of ether oxygens (including phenoxy) is 1. The van der Waals surface area contributed by atoms with Crippen molar-refractivity contribution in [2.45, 2.75) is 45.1 Å². The topological polar surface area (TPSA) is 12.5 Å². The van der Waals surface area contributed by atoms with E-state index in [4.69, 9.17) is 4.74 Å². The first-order valence-electron chi connectivity index (χ1n) is 6.52. The van der Waals surface area contributed by atoms with Crippen LogP contribution in [0.3, 0.4) is 0 Å². The van der Waals surface area contributed by atoms with Gasteiger partial charge in [-0.25, -0.2) is 0 Å². The molecule has 16 heavy (non-hydrogen) atoms. The van der Waals surface area contributed by atoms with E-state index in [0.29, 0.717) is 5.41 Å². The fourth-order valence-corrected chi connectivity index (χ4v) is 3.50. The number of rotatable bonds is 3. The minimum absolute atomic E-state index is 0.205. The maximum Gasteiger partial charge on any atom is 0.0645 e. The molecule has 2 nitrogen and oxygen atoms in total. The third kappa shape index (κ3) is 2.57. The standard InChI is InChI=1S/C13H25NOS/c1-12(2)10-15-8-7-14(12)9-13(11-16)5-3-4-6-13/h16H,3-11H2,1-2H3. The van der Waals surface area contributed by atoms with Crippen molar-refractivity contribution in [1.29, 1.82) is 0 Å². The van der Waals surface area contributed by atoms with Crippen molar-refractivity contribution in [3.63, 3.8) is 0 Å². The summed E-state index contributed by atoms with van der Waals surface area (Å²) in [5.74, 6) is 1.04. The Morgan fingerprint density at radius 2 is 1.94 bits per heavy atom. The molecular formula is C13H25NOS. The van der Waals surface area contributed by atoms with Gasteiger partial charge in [-0.3, -0.25) is 4.90 Å². The van der Waals surface area contributed by atoms with Crippen molar-refractivity contribution in [1.82, 2.24) is 4.90 Å². The Labute approximate surface area is 105 Å². The average molecular weight is 243 g/mol. The zero-order chi connectivity index (χ0) is 11.6. The molecule has 0 spiro atoms. The van der Waals surface area contributed by atoms with Gasteiger partial charge in [-0.05, 0) is 37.9 Å². The van der Waals surface area contributed by atoms with Crippen molar-refractivity contribution in [3.8, 4) is 0 Å². The molecule has 2 aliphatic rings. The molecule has 1 saturated carbocycles. The Bertz CT molecular complexity index is 236. The van der Waals surface area contributed by atoms with E-state index in [9.17, 15) is 0 Å². The van der Waals surface area contributed by atoms with Crippen molar-refractivity contribution >= 4 is 12.6 Å². The third-order valence-corrected chi connectivity index (χ3v) is 5.01. The van der Waals surface area contributed by atoms with Crippen LogP contribution in [0.15, 0.2) is 0 Å². The average Bonchev–Trinajstić information content (AvgIpc) is 2.71. The Kier molecular flexibility index (Phi) is 3.87. The highest BCUT2D eigenvalue weighted by atomic mass is 32.1. The fourth-order valence-electron chi connectivity index (χ4n) is 3.08. The lowest BCUT2D eigenvalue weighted by Gasteiger charge is -2.46. The van der Waals surface area contributed by atoms with E-state index in [2.05, 4.69) is 31.4 Å². The molecule has 0 aromatic heterocycles. The summed E-state index contributed by atoms with van der Waals surface area (Å²) in [4.78, 5) is 2.62. The van der Waals surface area contributed by atoms with Crippen LogP contribution < -0.4 is 0 Å². The van der Waals surface area contributed by atoms with Crippen LogP contribution in [-0.4, -0.2) is 42.5 Å². The zero-order valence-electron chi connectivity index (χ0n) is 10.7. The quantitative estimate of drug-likeness (QED) is 0.765. The van der Waals surface area contributed by atoms with Crippen molar-refractivity contribution in [2.75, 3.05) is 32.1 Å². The monoisotopic (exact) mass is 243 g/mol. The molecule has 0 radical (unpaired) electrons. The van der Waals surface area contributed by atoms with Crippen LogP contribution in [-0.2, 0) is 4.74 Å². The van der Waals surface area contributed by atoms with Crippen LogP contribution in [0, 0.1) is 5.41 Å². The van der Waals surface area contributed by atoms with E-state index in [1.807, 2.05) is 0 Å². The summed E-state index contributed by atoms with van der Waals surface area (Å²) in [5, 5.41) is 0. The predicted molar refractivity (Wildman–Crippen MR) is 71.2 cm³/mol. The van der Waals surface area contributed by atoms with Gasteiger partial charge in [0.1, 0.15) is 0 Å². The summed E-state index contributed by atoms with van der Waals surface area (Å²) in [6.07, 6.45) is 5.52. The number of hydrogen-bond donors (Lipinski definition) is 1. The molecule has 0 aromatic carbocycles. The summed E-state index contributed by atoms with van der Waals surface area (Å²) >= 11 is 4.60. The van der Waals surface area contributed by atoms with Crippen molar-refractivity contribution in [2.24, 2.45) is 5.41 Å². The third-order valence-electron chi connectivity index (χ3n) is 4.34. The first kappa shape index (κ1) is 12.7. The molecule has 1 saturated heterocycles. The van der Waals surface area contributed by atoms with Crippen LogP contribution in [0.5, 0.6) is 0 Å². The SMILES string of the molecule is CC1(C)COCCN1CC1(CS)CCCC1. The Balaban J connectivity index is 2.01. The highest BCUT2D eigenvalue weighted by molar-refractivity contribution is 7.80. The van der Waals surface area contributed by atoms with Crippen LogP contribution in [0.1, 0.15) is 39.5 Å². The van der Waals surface area contributed by atoms with E-state index >= 15 is 0 Å². The highest BCUT2D eigenvalue weighted by Gasteiger charge is 2.39. The van der Waals surface area contributed by atoms with E-state index in [1.165, 1.54) is 32.2 Å². The molecule has 1 aliphatic heterocycles. The van der Waals surface area contributed by atoms with Crippen LogP contribution in [0.4, 0.5) is 0 Å². The first-order valence-corrected chi connectivity index (χ1v) is 7.15. The van der Waals surface area contributed by atoms with Crippen LogP contribution >= 0.6 is 12.6 Å². The summed E-state index contributed by atoms with van der Waals surface area (Å²) in [6.45, 7) is 8.66. The molecule has 2 fully saturated rings. The minimum atomic E-state index is 0.205. The van der Waals surface area contributed by atoms with Gasteiger partial charge in [0, 0.05) is 18.6 Å². The molecule has 2 rings (SSSR count). The maximum atomic E-state index is 5.59. The summed E-state index contributed by atoms with van der Waals surface area (Å²) < 4.78 is 5.59. The van der Waals surface area contributed by atoms with Gasteiger partial charge < -0.3 is 4.74 Å². The van der Waals surface area contributed by atoms with Gasteiger partial charge >= 0.3 is 0 Å². The van der Waals surface area contributed by atoms with Crippen molar-refractivity contribution in [3.05, 3.63) is 0 Å². The van der Waals surface area contributed by atoms with Crippen molar-refractivity contribution < 1.29 is 4.74 Å². The number of thiol groups is 1. The van der Waals surface area contributed by atoms with E-state index in [1.54, 1.807) is 0 Å². The molecule has 94 valence electrons. The van der Waals surface area contributed by atoms with Crippen LogP contribution in [0.25, 0.3) is 0 Å². The van der Waals surface area contributed by atoms with E-state index in [0.717, 1.165) is 25.5 Å². The van der Waals surface area contributed by atoms with Crippen LogP contribution in [0.2, 0.25) is 0 Å². The first-order chi connectivity index (χ1) is 7.58. The summed E-state index contributed by atoms with van der Waals surface area (Å²) in [5.41, 5.74) is 0.689. The molecule has 3 heteroatoms. The molecule has 0 amide bonds. The normalized spacial score (nSPS) is 29.4. The number of hydrogen-bond acceptors (Lipinski definition) is 3. The predicted octanol–water partition coefficient (Wildman–Crippen LogP) is 2.59. The van der Waals surface area contributed by atoms with Gasteiger partial charge in [-0.1, -0.05) is 12.8 Å². The van der Waals surface area contributed by atoms with Gasteiger partial charge in [0.15, 0.2) is 0 Å². The fraction of sp³-hybridized carbons (Fsp3) is 1.00. The highest BCUT2D eigenvalue weighted by Crippen LogP contribution is 2.41. The van der Waals surface area contributed by atoms with E-state index < -0.39 is 0 Å². The number of nitrogens with zero attached hydrogens (tertiary/aromatic N) is 1. The zero-order valence-corrected chi connectivity index (χ0v) is 11.6. The molecule has 0 N–H and O–H groups in total. The van der Waals surface area contributed by atoms with Gasteiger partial charge in [0.05, 0.1) is 13.2 Å². The molecule has 1 aliphatic carbocycles. The Morgan fingerprint density at radius 3 is 2.50 bits per heavy atom. The minimum Gasteiger partial charge on any atom is -0.378 e. The lowest BCUT2D eigenvalue weighted by molar-refractivity contribution is -0.0652. The second kappa shape index (κ2) is 4.87. The van der Waals surface area contributed by atoms with Gasteiger partial charge in [0.25, 0.3) is 0 Å². The summed E-state index contributed by atoms with van der Waals surface area (Å²) in [7, 11) is 0. The molecular weight excluding hydrogens is 218 g/mol. The van der Waals surface area contributed by atoms with Gasteiger partial charge in [0.2, 0.25) is 0 Å². The molecule has 0 bridgehead atoms. The van der Waals surface area contributed by atoms with E-state index in [-0.39, 0.29) is 5.54 Å². The second-order valence-corrected chi connectivity index (χ2v) is 6.47. The van der Waals surface area contributed by atoms with Gasteiger partial charge in [-0.2, -0.15) is 12.6 Å². The lowest BCUT2D eigenvalue weighted by Crippen LogP contribution is -2.56. The Hall–Kier alpha value is 0.270. The molecule has 0 unspecified atom stereocenters. The molecule has 0 atom stereocenters. The largest absolute Gasteiger partial charge is 0.378 e.